The van der Waals surface area contributed by atoms with Crippen LogP contribution in [0.3, 0.4) is 0 Å². The Morgan fingerprint density at radius 1 is 0.931 bits per heavy atom. The average Bonchev–Trinajstić information content (AvgIpc) is 3.28. The molecule has 2 aromatic carbocycles. The van der Waals surface area contributed by atoms with Crippen molar-refractivity contribution in [2.75, 3.05) is 26.2 Å². The molecular weight excluding hydrogens is 364 g/mol. The molecule has 0 spiro atoms. The van der Waals surface area contributed by atoms with Crippen LogP contribution >= 0.6 is 0 Å². The van der Waals surface area contributed by atoms with E-state index in [1.165, 1.54) is 25.7 Å². The van der Waals surface area contributed by atoms with Crippen LogP contribution in [0.25, 0.3) is 0 Å². The summed E-state index contributed by atoms with van der Waals surface area (Å²) in [5.41, 5.74) is 1.67. The van der Waals surface area contributed by atoms with Gasteiger partial charge in [-0.15, -0.1) is 0 Å². The Labute approximate surface area is 172 Å². The van der Waals surface area contributed by atoms with Crippen molar-refractivity contribution in [1.82, 2.24) is 9.80 Å². The summed E-state index contributed by atoms with van der Waals surface area (Å²) >= 11 is 0. The Bertz CT molecular complexity index is 822. The fourth-order valence-corrected chi connectivity index (χ4v) is 4.81. The molecule has 1 amide bonds. The number of phenolic OH excluding ortho intramolecular Hbond substituents is 2. The van der Waals surface area contributed by atoms with Gasteiger partial charge in [0.2, 0.25) is 5.91 Å². The van der Waals surface area contributed by atoms with Crippen LogP contribution in [0.1, 0.15) is 49.1 Å². The van der Waals surface area contributed by atoms with Gasteiger partial charge in [0.05, 0.1) is 0 Å². The fourth-order valence-electron chi connectivity index (χ4n) is 4.81. The zero-order valence-electron chi connectivity index (χ0n) is 16.8. The van der Waals surface area contributed by atoms with E-state index < -0.39 is 0 Å². The SMILES string of the molecule is O=C(C[C@@H](c1ccc(O)cc1)c1ccccc1O)N1CCN(C2CCCC2)CC1. The minimum atomic E-state index is -0.239. The number of para-hydroxylation sites is 1. The highest BCUT2D eigenvalue weighted by Gasteiger charge is 2.29. The summed E-state index contributed by atoms with van der Waals surface area (Å²) in [5, 5.41) is 20.0. The molecule has 1 aliphatic heterocycles. The van der Waals surface area contributed by atoms with E-state index in [2.05, 4.69) is 4.90 Å². The molecule has 5 nitrogen and oxygen atoms in total. The first-order valence-corrected chi connectivity index (χ1v) is 10.7. The predicted molar refractivity (Wildman–Crippen MR) is 113 cm³/mol. The Balaban J connectivity index is 1.47. The molecule has 0 aromatic heterocycles. The topological polar surface area (TPSA) is 64.0 Å². The summed E-state index contributed by atoms with van der Waals surface area (Å²) in [5.74, 6) is 0.276. The molecule has 1 aliphatic carbocycles. The number of carbonyl (C=O) groups excluding carboxylic acids is 1. The zero-order valence-corrected chi connectivity index (χ0v) is 16.8. The van der Waals surface area contributed by atoms with E-state index >= 15 is 0 Å². The summed E-state index contributed by atoms with van der Waals surface area (Å²) in [6.07, 6.45) is 5.57. The Hall–Kier alpha value is -2.53. The van der Waals surface area contributed by atoms with Crippen LogP contribution in [0, 0.1) is 0 Å². The highest BCUT2D eigenvalue weighted by Crippen LogP contribution is 2.35. The molecule has 1 saturated carbocycles. The van der Waals surface area contributed by atoms with Crippen LogP contribution in [0.5, 0.6) is 11.5 Å². The second kappa shape index (κ2) is 8.87. The minimum absolute atomic E-state index is 0.123. The van der Waals surface area contributed by atoms with E-state index in [4.69, 9.17) is 0 Å². The molecule has 5 heteroatoms. The molecule has 0 radical (unpaired) electrons. The monoisotopic (exact) mass is 394 g/mol. The van der Waals surface area contributed by atoms with E-state index in [1.807, 2.05) is 29.2 Å². The number of aromatic hydroxyl groups is 2. The van der Waals surface area contributed by atoms with Gasteiger partial charge in [0.15, 0.2) is 0 Å². The van der Waals surface area contributed by atoms with Gasteiger partial charge in [-0.1, -0.05) is 43.2 Å². The van der Waals surface area contributed by atoms with Crippen molar-refractivity contribution in [2.45, 2.75) is 44.1 Å². The summed E-state index contributed by atoms with van der Waals surface area (Å²) in [6.45, 7) is 3.46. The van der Waals surface area contributed by atoms with Crippen LogP contribution in [0.15, 0.2) is 48.5 Å². The van der Waals surface area contributed by atoms with Gasteiger partial charge < -0.3 is 15.1 Å². The quantitative estimate of drug-likeness (QED) is 0.812. The molecule has 1 atom stereocenters. The standard InChI is InChI=1S/C24H30N2O3/c27-20-11-9-18(10-12-20)22(21-7-3-4-8-23(21)28)17-24(29)26-15-13-25(14-16-26)19-5-1-2-6-19/h3-4,7-12,19,22,27-28H,1-2,5-6,13-17H2/t22-/m0/s1. The molecule has 0 unspecified atom stereocenters. The Morgan fingerprint density at radius 3 is 2.24 bits per heavy atom. The van der Waals surface area contributed by atoms with Crippen molar-refractivity contribution in [1.29, 1.82) is 0 Å². The van der Waals surface area contributed by atoms with E-state index in [9.17, 15) is 15.0 Å². The zero-order chi connectivity index (χ0) is 20.2. The molecule has 29 heavy (non-hydrogen) atoms. The van der Waals surface area contributed by atoms with Gasteiger partial charge in [-0.3, -0.25) is 9.69 Å². The number of benzene rings is 2. The van der Waals surface area contributed by atoms with E-state index in [0.717, 1.165) is 37.3 Å². The highest BCUT2D eigenvalue weighted by molar-refractivity contribution is 5.78. The van der Waals surface area contributed by atoms with Gasteiger partial charge in [0.1, 0.15) is 11.5 Å². The van der Waals surface area contributed by atoms with Gasteiger partial charge in [-0.05, 0) is 36.6 Å². The number of piperazine rings is 1. The summed E-state index contributed by atoms with van der Waals surface area (Å²) < 4.78 is 0. The lowest BCUT2D eigenvalue weighted by molar-refractivity contribution is -0.133. The maximum Gasteiger partial charge on any atom is 0.223 e. The lowest BCUT2D eigenvalue weighted by Gasteiger charge is -2.38. The number of carbonyl (C=O) groups is 1. The molecule has 2 N–H and O–H groups in total. The summed E-state index contributed by atoms with van der Waals surface area (Å²) in [7, 11) is 0. The summed E-state index contributed by atoms with van der Waals surface area (Å²) in [6, 6.07) is 14.8. The van der Waals surface area contributed by atoms with Crippen molar-refractivity contribution in [3.05, 3.63) is 59.7 Å². The lowest BCUT2D eigenvalue weighted by Crippen LogP contribution is -2.51. The first-order chi connectivity index (χ1) is 14.1. The van der Waals surface area contributed by atoms with Crippen molar-refractivity contribution in [3.8, 4) is 11.5 Å². The second-order valence-electron chi connectivity index (χ2n) is 8.26. The van der Waals surface area contributed by atoms with E-state index in [0.29, 0.717) is 12.5 Å². The molecule has 2 aromatic rings. The number of rotatable bonds is 5. The highest BCUT2D eigenvalue weighted by atomic mass is 16.3. The minimum Gasteiger partial charge on any atom is -0.508 e. The van der Waals surface area contributed by atoms with Crippen molar-refractivity contribution >= 4 is 5.91 Å². The normalized spacial score (nSPS) is 19.4. The maximum atomic E-state index is 13.1. The third-order valence-corrected chi connectivity index (χ3v) is 6.49. The van der Waals surface area contributed by atoms with Crippen molar-refractivity contribution in [2.24, 2.45) is 0 Å². The summed E-state index contributed by atoms with van der Waals surface area (Å²) in [4.78, 5) is 17.7. The number of hydrogen-bond donors (Lipinski definition) is 2. The van der Waals surface area contributed by atoms with Gasteiger partial charge in [-0.2, -0.15) is 0 Å². The van der Waals surface area contributed by atoms with Gasteiger partial charge in [-0.25, -0.2) is 0 Å². The van der Waals surface area contributed by atoms with Crippen LogP contribution in [0.4, 0.5) is 0 Å². The van der Waals surface area contributed by atoms with E-state index in [1.54, 1.807) is 24.3 Å². The molecule has 1 saturated heterocycles. The third-order valence-electron chi connectivity index (χ3n) is 6.49. The Morgan fingerprint density at radius 2 is 1.59 bits per heavy atom. The number of phenols is 2. The Kier molecular flexibility index (Phi) is 6.05. The molecule has 1 heterocycles. The van der Waals surface area contributed by atoms with Gasteiger partial charge in [0, 0.05) is 50.1 Å². The van der Waals surface area contributed by atoms with Crippen LogP contribution in [-0.2, 0) is 4.79 Å². The fraction of sp³-hybridized carbons (Fsp3) is 0.458. The average molecular weight is 395 g/mol. The van der Waals surface area contributed by atoms with E-state index in [-0.39, 0.29) is 23.3 Å². The molecule has 0 bridgehead atoms. The van der Waals surface area contributed by atoms with Crippen LogP contribution < -0.4 is 0 Å². The maximum absolute atomic E-state index is 13.1. The number of amides is 1. The van der Waals surface area contributed by atoms with Crippen LogP contribution in [-0.4, -0.2) is 58.1 Å². The van der Waals surface area contributed by atoms with Gasteiger partial charge >= 0.3 is 0 Å². The molecule has 4 rings (SSSR count). The largest absolute Gasteiger partial charge is 0.508 e. The molecule has 2 aliphatic rings. The third kappa shape index (κ3) is 4.56. The lowest BCUT2D eigenvalue weighted by atomic mass is 9.87. The van der Waals surface area contributed by atoms with Crippen molar-refractivity contribution < 1.29 is 15.0 Å². The van der Waals surface area contributed by atoms with Gasteiger partial charge in [0.25, 0.3) is 0 Å². The first kappa shape index (κ1) is 19.8. The molecule has 2 fully saturated rings. The molecular formula is C24H30N2O3. The van der Waals surface area contributed by atoms with Crippen LogP contribution in [0.2, 0.25) is 0 Å². The smallest absolute Gasteiger partial charge is 0.223 e. The van der Waals surface area contributed by atoms with Crippen molar-refractivity contribution in [3.63, 3.8) is 0 Å². The number of nitrogens with zero attached hydrogens (tertiary/aromatic N) is 2. The number of hydrogen-bond acceptors (Lipinski definition) is 4. The predicted octanol–water partition coefficient (Wildman–Crippen LogP) is 3.71. The molecule has 154 valence electrons. The first-order valence-electron chi connectivity index (χ1n) is 10.7. The second-order valence-corrected chi connectivity index (χ2v) is 8.26.